The minimum atomic E-state index is -1.47. The molecule has 1 rings (SSSR count). The van der Waals surface area contributed by atoms with Gasteiger partial charge in [0.25, 0.3) is 0 Å². The molecule has 1 atom stereocenters. The van der Waals surface area contributed by atoms with Crippen molar-refractivity contribution < 1.29 is 4.43 Å². The van der Waals surface area contributed by atoms with Crippen molar-refractivity contribution in [2.45, 2.75) is 45.5 Å². The number of hydrogen-bond donors (Lipinski definition) is 0. The van der Waals surface area contributed by atoms with E-state index in [-0.39, 0.29) is 6.10 Å². The third-order valence-electron chi connectivity index (χ3n) is 2.59. The van der Waals surface area contributed by atoms with Gasteiger partial charge in [-0.05, 0) is 43.3 Å². The molecule has 1 nitrogen and oxygen atoms in total. The quantitative estimate of drug-likeness (QED) is 0.522. The molecule has 0 aromatic carbocycles. The Bertz CT molecular complexity index is 339. The lowest BCUT2D eigenvalue weighted by molar-refractivity contribution is 0.238. The fourth-order valence-electron chi connectivity index (χ4n) is 1.90. The molecule has 0 saturated carbocycles. The lowest BCUT2D eigenvalue weighted by Crippen LogP contribution is -2.31. The fraction of sp³-hybridized carbons (Fsp3) is 0.538. The van der Waals surface area contributed by atoms with Gasteiger partial charge < -0.3 is 4.43 Å². The summed E-state index contributed by atoms with van der Waals surface area (Å²) < 4.78 is 6.11. The van der Waals surface area contributed by atoms with Crippen LogP contribution >= 0.6 is 0 Å². The first-order valence-electron chi connectivity index (χ1n) is 5.34. The van der Waals surface area contributed by atoms with E-state index >= 15 is 0 Å². The van der Waals surface area contributed by atoms with Crippen molar-refractivity contribution in [3.63, 3.8) is 0 Å². The van der Waals surface area contributed by atoms with Crippen molar-refractivity contribution in [2.75, 3.05) is 0 Å². The van der Waals surface area contributed by atoms with Gasteiger partial charge in [0, 0.05) is 12.8 Å². The summed E-state index contributed by atoms with van der Waals surface area (Å²) in [7, 11) is -1.47. The molecule has 0 aromatic rings. The lowest BCUT2D eigenvalue weighted by Gasteiger charge is -2.24. The number of rotatable bonds is 3. The second-order valence-electron chi connectivity index (χ2n) is 5.07. The molecular weight excluding hydrogens is 200 g/mol. The van der Waals surface area contributed by atoms with Crippen molar-refractivity contribution in [3.8, 4) is 12.3 Å². The number of allylic oxidation sites excluding steroid dienone is 1. The molecule has 0 N–H and O–H groups in total. The minimum absolute atomic E-state index is 0.229. The van der Waals surface area contributed by atoms with Gasteiger partial charge in [-0.1, -0.05) is 6.58 Å². The topological polar surface area (TPSA) is 9.23 Å². The zero-order chi connectivity index (χ0) is 11.6. The Labute approximate surface area is 94.4 Å². The maximum Gasteiger partial charge on any atom is 0.184 e. The van der Waals surface area contributed by atoms with Gasteiger partial charge in [-0.25, -0.2) is 0 Å². The highest BCUT2D eigenvalue weighted by molar-refractivity contribution is 6.69. The molecule has 82 valence electrons. The van der Waals surface area contributed by atoms with Crippen LogP contribution in [0.15, 0.2) is 23.3 Å². The summed E-state index contributed by atoms with van der Waals surface area (Å²) in [6.07, 6.45) is 7.19. The predicted molar refractivity (Wildman–Crippen MR) is 68.1 cm³/mol. The van der Waals surface area contributed by atoms with Gasteiger partial charge in [-0.3, -0.25) is 0 Å². The van der Waals surface area contributed by atoms with Crippen LogP contribution in [0.1, 0.15) is 19.8 Å². The Morgan fingerprint density at radius 2 is 2.13 bits per heavy atom. The zero-order valence-corrected chi connectivity index (χ0v) is 11.2. The van der Waals surface area contributed by atoms with Gasteiger partial charge >= 0.3 is 0 Å². The van der Waals surface area contributed by atoms with Gasteiger partial charge in [0.05, 0.1) is 6.10 Å². The van der Waals surface area contributed by atoms with E-state index in [4.69, 9.17) is 10.8 Å². The molecule has 0 spiro atoms. The van der Waals surface area contributed by atoms with Crippen LogP contribution in [-0.2, 0) is 4.43 Å². The van der Waals surface area contributed by atoms with Gasteiger partial charge in [0.1, 0.15) is 0 Å². The van der Waals surface area contributed by atoms with E-state index in [0.29, 0.717) is 6.42 Å². The second-order valence-corrected chi connectivity index (χ2v) is 9.53. The Morgan fingerprint density at radius 1 is 1.53 bits per heavy atom. The molecule has 2 heteroatoms. The maximum atomic E-state index is 6.11. The first-order valence-corrected chi connectivity index (χ1v) is 8.75. The van der Waals surface area contributed by atoms with Gasteiger partial charge in [-0.2, -0.15) is 0 Å². The predicted octanol–water partition coefficient (Wildman–Crippen LogP) is 3.51. The largest absolute Gasteiger partial charge is 0.411 e. The van der Waals surface area contributed by atoms with Crippen LogP contribution in [0.2, 0.25) is 19.6 Å². The molecule has 0 bridgehead atoms. The van der Waals surface area contributed by atoms with Gasteiger partial charge in [-0.15, -0.1) is 12.3 Å². The van der Waals surface area contributed by atoms with Crippen LogP contribution in [0, 0.1) is 12.3 Å². The lowest BCUT2D eigenvalue weighted by atomic mass is 10.1. The summed E-state index contributed by atoms with van der Waals surface area (Å²) in [6, 6.07) is 0. The maximum absolute atomic E-state index is 6.11. The normalized spacial score (nSPS) is 22.1. The smallest absolute Gasteiger partial charge is 0.184 e. The summed E-state index contributed by atoms with van der Waals surface area (Å²) in [5.74, 6) is 2.69. The molecule has 0 aromatic heterocycles. The van der Waals surface area contributed by atoms with Crippen molar-refractivity contribution >= 4 is 8.32 Å². The van der Waals surface area contributed by atoms with Crippen molar-refractivity contribution in [1.29, 1.82) is 0 Å². The van der Waals surface area contributed by atoms with Crippen LogP contribution in [0.5, 0.6) is 0 Å². The van der Waals surface area contributed by atoms with E-state index in [2.05, 4.69) is 39.1 Å². The average Bonchev–Trinajstić information content (AvgIpc) is 2.30. The molecular formula is C13H20OSi. The Morgan fingerprint density at radius 3 is 2.60 bits per heavy atom. The minimum Gasteiger partial charge on any atom is -0.411 e. The standard InChI is InChI=1S/C13H20OSi/c1-7-8-12-10(2)9-13(11(12)3)14-15(4,5)6/h1,13H,2,8-9H2,3-6H3. The molecule has 0 aliphatic heterocycles. The third kappa shape index (κ3) is 3.09. The molecule has 0 fully saturated rings. The van der Waals surface area contributed by atoms with E-state index in [1.54, 1.807) is 0 Å². The molecule has 0 heterocycles. The van der Waals surface area contributed by atoms with Crippen LogP contribution in [0.4, 0.5) is 0 Å². The first kappa shape index (κ1) is 12.3. The van der Waals surface area contributed by atoms with Crippen LogP contribution in [-0.4, -0.2) is 14.4 Å². The van der Waals surface area contributed by atoms with E-state index in [0.717, 1.165) is 12.0 Å². The Balaban J connectivity index is 2.82. The summed E-state index contributed by atoms with van der Waals surface area (Å²) in [6.45, 7) is 12.8. The number of terminal acetylenes is 1. The molecule has 0 radical (unpaired) electrons. The number of hydrogen-bond acceptors (Lipinski definition) is 1. The Hall–Kier alpha value is -0.783. The summed E-state index contributed by atoms with van der Waals surface area (Å²) in [5.41, 5.74) is 3.69. The zero-order valence-electron chi connectivity index (χ0n) is 10.2. The third-order valence-corrected chi connectivity index (χ3v) is 3.58. The first-order chi connectivity index (χ1) is 6.85. The van der Waals surface area contributed by atoms with Crippen LogP contribution in [0.3, 0.4) is 0 Å². The highest BCUT2D eigenvalue weighted by atomic mass is 28.4. The summed E-state index contributed by atoms with van der Waals surface area (Å²) in [5, 5.41) is 0. The van der Waals surface area contributed by atoms with E-state index in [9.17, 15) is 0 Å². The molecule has 1 aliphatic rings. The van der Waals surface area contributed by atoms with Crippen LogP contribution in [0.25, 0.3) is 0 Å². The summed E-state index contributed by atoms with van der Waals surface area (Å²) in [4.78, 5) is 0. The van der Waals surface area contributed by atoms with Gasteiger partial charge in [0.2, 0.25) is 0 Å². The molecule has 15 heavy (non-hydrogen) atoms. The van der Waals surface area contributed by atoms with E-state index in [1.165, 1.54) is 11.1 Å². The van der Waals surface area contributed by atoms with Crippen molar-refractivity contribution in [1.82, 2.24) is 0 Å². The van der Waals surface area contributed by atoms with Crippen LogP contribution < -0.4 is 0 Å². The fourth-order valence-corrected chi connectivity index (χ4v) is 3.01. The summed E-state index contributed by atoms with van der Waals surface area (Å²) >= 11 is 0. The van der Waals surface area contributed by atoms with E-state index in [1.807, 2.05) is 0 Å². The Kier molecular flexibility index (Phi) is 3.59. The molecule has 1 unspecified atom stereocenters. The van der Waals surface area contributed by atoms with Crippen molar-refractivity contribution in [2.24, 2.45) is 0 Å². The highest BCUT2D eigenvalue weighted by Gasteiger charge is 2.29. The second kappa shape index (κ2) is 4.38. The molecule has 0 amide bonds. The highest BCUT2D eigenvalue weighted by Crippen LogP contribution is 2.35. The van der Waals surface area contributed by atoms with Gasteiger partial charge in [0.15, 0.2) is 8.32 Å². The molecule has 1 aliphatic carbocycles. The SMILES string of the molecule is C#CCC1=C(C)C(O[Si](C)(C)C)CC1=C. The van der Waals surface area contributed by atoms with E-state index < -0.39 is 8.32 Å². The van der Waals surface area contributed by atoms with Crippen molar-refractivity contribution in [3.05, 3.63) is 23.3 Å². The molecule has 0 saturated heterocycles. The average molecular weight is 220 g/mol. The monoisotopic (exact) mass is 220 g/mol.